The molecular weight excluding hydrogens is 368 g/mol. The molecule has 8 nitrogen and oxygen atoms in total. The lowest BCUT2D eigenvalue weighted by atomic mass is 9.91. The zero-order valence-electron chi connectivity index (χ0n) is 14.3. The predicted molar refractivity (Wildman–Crippen MR) is 111 cm³/mol. The number of hydrogen-bond acceptors (Lipinski definition) is 8. The Balaban J connectivity index is -0.00000160. The van der Waals surface area contributed by atoms with Crippen LogP contribution in [0, 0.1) is 0 Å². The smallest absolute Gasteiger partial charge is 0.231 e. The molecule has 0 saturated heterocycles. The summed E-state index contributed by atoms with van der Waals surface area (Å²) in [5, 5.41) is 60.2. The van der Waals surface area contributed by atoms with Gasteiger partial charge in [-0.25, -0.2) is 0 Å². The maximum Gasteiger partial charge on any atom is 0.231 e. The minimum Gasteiger partial charge on any atom is -0.508 e. The Kier molecular flexibility index (Phi) is 3.93. The number of aliphatic hydroxyl groups excluding tert-OH is 1. The number of aromatic hydroxyl groups is 5. The minimum absolute atomic E-state index is 0. The van der Waals surface area contributed by atoms with Gasteiger partial charge in [-0.15, -0.1) is 0 Å². The average Bonchev–Trinajstić information content (AvgIpc) is 2.78. The lowest BCUT2D eigenvalue weighted by molar-refractivity contribution is 0.0205. The van der Waals surface area contributed by atoms with Gasteiger partial charge in [-0.05, 0) is 17.5 Å². The fourth-order valence-electron chi connectivity index (χ4n) is 3.51. The number of rotatable bonds is 1. The first-order chi connectivity index (χ1) is 13.3. The molecule has 2 atom stereocenters. The highest BCUT2D eigenvalue weighted by Gasteiger charge is 2.34. The van der Waals surface area contributed by atoms with Crippen LogP contribution in [-0.2, 0) is 6.42 Å². The van der Waals surface area contributed by atoms with Crippen LogP contribution in [0.4, 0.5) is 0 Å². The molecule has 1 aliphatic heterocycles. The molecule has 0 aliphatic carbocycles. The molecule has 0 unspecified atom stereocenters. The summed E-state index contributed by atoms with van der Waals surface area (Å²) in [6.45, 7) is 0. The second kappa shape index (κ2) is 6.21. The van der Waals surface area contributed by atoms with Crippen molar-refractivity contribution in [1.29, 1.82) is 0 Å². The summed E-state index contributed by atoms with van der Waals surface area (Å²) in [6.07, 6.45) is -2.25. The summed E-state index contributed by atoms with van der Waals surface area (Å²) in [4.78, 5) is 12.4. The molecule has 0 bridgehead atoms. The van der Waals surface area contributed by atoms with Crippen LogP contribution in [0.5, 0.6) is 34.5 Å². The molecule has 3 aromatic carbocycles. The molecular formula is C20H28O8. The highest BCUT2D eigenvalue weighted by atomic mass is 16.5. The third kappa shape index (κ3) is 2.62. The lowest BCUT2D eigenvalue weighted by Gasteiger charge is -2.32. The number of hydrogen-bond donors (Lipinski definition) is 6. The van der Waals surface area contributed by atoms with E-state index in [-0.39, 0.29) is 48.6 Å². The van der Waals surface area contributed by atoms with Crippen LogP contribution >= 0.6 is 0 Å². The predicted octanol–water partition coefficient (Wildman–Crippen LogP) is 3.24. The molecule has 8 heteroatoms. The maximum absolute atomic E-state index is 12.4. The van der Waals surface area contributed by atoms with E-state index in [1.54, 1.807) is 0 Å². The van der Waals surface area contributed by atoms with E-state index in [1.807, 2.05) is 0 Å². The standard InChI is InChI=1S/C20H16O8.6H2/c21-8-4-13(23)11-7-15(25)20(28-16(11)5-8)10-6-14(24)19(27)17-9(10)2-1-3-12(22)18(17)26;;;;;;/h1-6,15,20-21,23-25,27H,7H2,(H,22,26);6*1H/t15-,20-;;;;;;/m0....../s1. The van der Waals surface area contributed by atoms with E-state index in [0.29, 0.717) is 5.56 Å². The van der Waals surface area contributed by atoms with Crippen molar-refractivity contribution in [2.75, 3.05) is 0 Å². The van der Waals surface area contributed by atoms with Crippen LogP contribution in [0.1, 0.15) is 25.8 Å². The summed E-state index contributed by atoms with van der Waals surface area (Å²) in [5.41, 5.74) is -0.392. The van der Waals surface area contributed by atoms with Crippen molar-refractivity contribution in [3.05, 3.63) is 57.7 Å². The largest absolute Gasteiger partial charge is 0.508 e. The summed E-state index contributed by atoms with van der Waals surface area (Å²) in [7, 11) is 0. The van der Waals surface area contributed by atoms with Gasteiger partial charge in [0.2, 0.25) is 5.43 Å². The number of aliphatic hydroxyl groups is 1. The van der Waals surface area contributed by atoms with Crippen molar-refractivity contribution in [2.24, 2.45) is 0 Å². The Morgan fingerprint density at radius 2 is 1.71 bits per heavy atom. The van der Waals surface area contributed by atoms with Gasteiger partial charge < -0.3 is 35.4 Å². The highest BCUT2D eigenvalue weighted by molar-refractivity contribution is 5.93. The molecule has 156 valence electrons. The normalized spacial score (nSPS) is 18.5. The van der Waals surface area contributed by atoms with E-state index >= 15 is 0 Å². The van der Waals surface area contributed by atoms with Crippen LogP contribution in [0.3, 0.4) is 0 Å². The number of phenols is 4. The molecule has 0 amide bonds. The lowest BCUT2D eigenvalue weighted by Crippen LogP contribution is -2.30. The fraction of sp³-hybridized carbons (Fsp3) is 0.150. The number of benzene rings is 2. The van der Waals surface area contributed by atoms with Crippen LogP contribution < -0.4 is 10.2 Å². The third-order valence-electron chi connectivity index (χ3n) is 4.82. The number of phenolic OH excluding ortho intramolecular Hbond substituents is 4. The zero-order chi connectivity index (χ0) is 20.2. The van der Waals surface area contributed by atoms with Crippen molar-refractivity contribution in [3.63, 3.8) is 0 Å². The molecule has 28 heavy (non-hydrogen) atoms. The molecule has 1 aliphatic rings. The first-order valence-electron chi connectivity index (χ1n) is 8.38. The first-order valence-corrected chi connectivity index (χ1v) is 8.38. The quantitative estimate of drug-likeness (QED) is 0.344. The molecule has 0 saturated carbocycles. The van der Waals surface area contributed by atoms with E-state index in [4.69, 9.17) is 4.74 Å². The topological polar surface area (TPSA) is 148 Å². The monoisotopic (exact) mass is 396 g/mol. The molecule has 6 N–H and O–H groups in total. The van der Waals surface area contributed by atoms with Gasteiger partial charge in [-0.2, -0.15) is 0 Å². The van der Waals surface area contributed by atoms with E-state index in [2.05, 4.69) is 0 Å². The second-order valence-electron chi connectivity index (χ2n) is 6.61. The molecule has 3 aromatic rings. The van der Waals surface area contributed by atoms with Gasteiger partial charge in [0.25, 0.3) is 0 Å². The van der Waals surface area contributed by atoms with Gasteiger partial charge in [0.15, 0.2) is 23.4 Å². The average molecular weight is 396 g/mol. The Bertz CT molecular complexity index is 1190. The minimum atomic E-state index is -1.16. The third-order valence-corrected chi connectivity index (χ3v) is 4.82. The molecule has 0 aromatic heterocycles. The molecule has 0 spiro atoms. The van der Waals surface area contributed by atoms with Crippen LogP contribution in [-0.4, -0.2) is 36.7 Å². The van der Waals surface area contributed by atoms with E-state index in [9.17, 15) is 35.4 Å². The van der Waals surface area contributed by atoms with Crippen molar-refractivity contribution < 1.29 is 43.9 Å². The summed E-state index contributed by atoms with van der Waals surface area (Å²) in [5.74, 6) is -2.26. The summed E-state index contributed by atoms with van der Waals surface area (Å²) in [6, 6.07) is 7.54. The Morgan fingerprint density at radius 3 is 2.46 bits per heavy atom. The van der Waals surface area contributed by atoms with Gasteiger partial charge in [0.1, 0.15) is 17.2 Å². The zero-order valence-corrected chi connectivity index (χ0v) is 14.3. The van der Waals surface area contributed by atoms with Gasteiger partial charge in [0.05, 0.1) is 11.5 Å². The molecule has 0 radical (unpaired) electrons. The molecule has 0 fully saturated rings. The fourth-order valence-corrected chi connectivity index (χ4v) is 3.51. The maximum atomic E-state index is 12.4. The number of fused-ring (bicyclic) bond motifs is 2. The van der Waals surface area contributed by atoms with Crippen LogP contribution in [0.2, 0.25) is 0 Å². The Hall–Kier alpha value is -3.65. The Morgan fingerprint density at radius 1 is 0.964 bits per heavy atom. The van der Waals surface area contributed by atoms with Gasteiger partial charge in [0, 0.05) is 38.2 Å². The number of ether oxygens (including phenoxy) is 1. The van der Waals surface area contributed by atoms with Crippen molar-refractivity contribution in [2.45, 2.75) is 18.6 Å². The first kappa shape index (κ1) is 17.7. The molecule has 1 heterocycles. The van der Waals surface area contributed by atoms with Crippen molar-refractivity contribution in [1.82, 2.24) is 0 Å². The van der Waals surface area contributed by atoms with E-state index in [0.717, 1.165) is 18.2 Å². The van der Waals surface area contributed by atoms with Crippen LogP contribution in [0.15, 0.2) is 41.2 Å². The van der Waals surface area contributed by atoms with E-state index < -0.39 is 34.9 Å². The van der Waals surface area contributed by atoms with Gasteiger partial charge >= 0.3 is 0 Å². The summed E-state index contributed by atoms with van der Waals surface area (Å²) >= 11 is 0. The molecule has 4 rings (SSSR count). The van der Waals surface area contributed by atoms with Gasteiger partial charge in [-0.3, -0.25) is 4.79 Å². The SMILES string of the molecule is O=c1c(O)cccc2c([C@@H]3Oc4cc(O)cc(O)c4C[C@@H]3O)cc(O)c(O)c12.[HH].[HH].[HH].[HH].[HH].[HH]. The van der Waals surface area contributed by atoms with Crippen LogP contribution in [0.25, 0.3) is 10.8 Å². The summed E-state index contributed by atoms with van der Waals surface area (Å²) < 4.78 is 5.77. The van der Waals surface area contributed by atoms with Crippen molar-refractivity contribution >= 4 is 10.8 Å². The van der Waals surface area contributed by atoms with Gasteiger partial charge in [-0.1, -0.05) is 12.1 Å². The Labute approximate surface area is 166 Å². The van der Waals surface area contributed by atoms with Crippen molar-refractivity contribution in [3.8, 4) is 34.5 Å². The van der Waals surface area contributed by atoms with E-state index in [1.165, 1.54) is 18.2 Å². The highest BCUT2D eigenvalue weighted by Crippen LogP contribution is 2.45. The second-order valence-corrected chi connectivity index (χ2v) is 6.61.